The molecule has 3 aromatic rings. The molecule has 9 heteroatoms. The van der Waals surface area contributed by atoms with Gasteiger partial charge in [0, 0.05) is 18.7 Å². The molecule has 3 aromatic carbocycles. The van der Waals surface area contributed by atoms with Crippen LogP contribution in [0.5, 0.6) is 5.75 Å². The lowest BCUT2D eigenvalue weighted by molar-refractivity contribution is -0.129. The number of nitrogens with zero attached hydrogens (tertiary/aromatic N) is 1. The van der Waals surface area contributed by atoms with Crippen molar-refractivity contribution in [2.75, 3.05) is 13.7 Å². The average Bonchev–Trinajstić information content (AvgIpc) is 3.11. The molecule has 0 bridgehead atoms. The maximum atomic E-state index is 13.0. The van der Waals surface area contributed by atoms with Gasteiger partial charge < -0.3 is 15.4 Å². The van der Waals surface area contributed by atoms with Crippen LogP contribution in [0.25, 0.3) is 10.8 Å². The van der Waals surface area contributed by atoms with E-state index in [1.165, 1.54) is 6.07 Å². The molecule has 0 aliphatic carbocycles. The first-order valence-corrected chi connectivity index (χ1v) is 11.6. The van der Waals surface area contributed by atoms with Crippen LogP contribution in [0.15, 0.2) is 65.6 Å². The standard InChI is InChI=1S/C23H24N4O4S/c1-31-19-8-6-16-7-9-20(13-18(16)12-19)32(29,30)26-21-10-11-27(23(21)28)14-15-2-4-17(5-3-15)22(24)25/h2-9,12-13,21,26H,10-11,14H2,1H3,(H3,24,25)/t21-/m0/s1. The average molecular weight is 453 g/mol. The normalized spacial score (nSPS) is 16.5. The fourth-order valence-corrected chi connectivity index (χ4v) is 5.03. The zero-order valence-corrected chi connectivity index (χ0v) is 18.4. The molecule has 1 heterocycles. The molecule has 166 valence electrons. The minimum Gasteiger partial charge on any atom is -0.497 e. The van der Waals surface area contributed by atoms with Crippen LogP contribution < -0.4 is 15.2 Å². The number of nitrogens with one attached hydrogen (secondary N) is 2. The number of carbonyl (C=O) groups excluding carboxylic acids is 1. The number of nitrogen functional groups attached to an aromatic ring is 1. The van der Waals surface area contributed by atoms with E-state index >= 15 is 0 Å². The first kappa shape index (κ1) is 21.8. The Bertz CT molecular complexity index is 1290. The number of ether oxygens (including phenoxy) is 1. The highest BCUT2D eigenvalue weighted by Gasteiger charge is 2.34. The lowest BCUT2D eigenvalue weighted by Crippen LogP contribution is -2.41. The highest BCUT2D eigenvalue weighted by Crippen LogP contribution is 2.25. The summed E-state index contributed by atoms with van der Waals surface area (Å²) < 4.78 is 33.7. The number of fused-ring (bicyclic) bond motifs is 1. The third-order valence-electron chi connectivity index (χ3n) is 5.56. The van der Waals surface area contributed by atoms with Crippen molar-refractivity contribution in [3.05, 3.63) is 71.8 Å². The predicted molar refractivity (Wildman–Crippen MR) is 122 cm³/mol. The molecule has 4 N–H and O–H groups in total. The fourth-order valence-electron chi connectivity index (χ4n) is 3.77. The Morgan fingerprint density at radius 2 is 1.84 bits per heavy atom. The number of nitrogens with two attached hydrogens (primary N) is 1. The zero-order chi connectivity index (χ0) is 22.9. The highest BCUT2D eigenvalue weighted by atomic mass is 32.2. The van der Waals surface area contributed by atoms with Crippen molar-refractivity contribution in [2.45, 2.75) is 23.9 Å². The number of sulfonamides is 1. The third kappa shape index (κ3) is 4.44. The van der Waals surface area contributed by atoms with Crippen molar-refractivity contribution in [3.63, 3.8) is 0 Å². The molecule has 1 aliphatic heterocycles. The van der Waals surface area contributed by atoms with Gasteiger partial charge in [-0.05, 0) is 47.0 Å². The van der Waals surface area contributed by atoms with Gasteiger partial charge in [-0.1, -0.05) is 36.4 Å². The van der Waals surface area contributed by atoms with E-state index in [2.05, 4.69) is 4.72 Å². The van der Waals surface area contributed by atoms with Crippen molar-refractivity contribution in [3.8, 4) is 5.75 Å². The van der Waals surface area contributed by atoms with E-state index in [-0.39, 0.29) is 16.6 Å². The van der Waals surface area contributed by atoms with Crippen molar-refractivity contribution in [2.24, 2.45) is 5.73 Å². The van der Waals surface area contributed by atoms with Gasteiger partial charge in [0.25, 0.3) is 0 Å². The molecule has 4 rings (SSSR count). The van der Waals surface area contributed by atoms with E-state index in [4.69, 9.17) is 15.9 Å². The summed E-state index contributed by atoms with van der Waals surface area (Å²) in [6.07, 6.45) is 0.394. The first-order chi connectivity index (χ1) is 15.3. The number of hydrogen-bond donors (Lipinski definition) is 3. The number of methoxy groups -OCH3 is 1. The number of amidine groups is 1. The maximum Gasteiger partial charge on any atom is 0.241 e. The molecule has 32 heavy (non-hydrogen) atoms. The van der Waals surface area contributed by atoms with Crippen LogP contribution in [0.1, 0.15) is 17.5 Å². The Morgan fingerprint density at radius 3 is 2.53 bits per heavy atom. The molecule has 0 saturated carbocycles. The van der Waals surface area contributed by atoms with Crippen LogP contribution in [0.3, 0.4) is 0 Å². The van der Waals surface area contributed by atoms with Gasteiger partial charge in [-0.2, -0.15) is 4.72 Å². The summed E-state index contributed by atoms with van der Waals surface area (Å²) in [5, 5.41) is 9.08. The summed E-state index contributed by atoms with van der Waals surface area (Å²) in [6.45, 7) is 0.820. The van der Waals surface area contributed by atoms with E-state index < -0.39 is 16.1 Å². The first-order valence-electron chi connectivity index (χ1n) is 10.1. The van der Waals surface area contributed by atoms with Gasteiger partial charge in [-0.25, -0.2) is 8.42 Å². The van der Waals surface area contributed by atoms with Crippen LogP contribution in [0.4, 0.5) is 0 Å². The minimum atomic E-state index is -3.87. The van der Waals surface area contributed by atoms with E-state index in [9.17, 15) is 13.2 Å². The summed E-state index contributed by atoms with van der Waals surface area (Å²) in [4.78, 5) is 14.5. The Morgan fingerprint density at radius 1 is 1.12 bits per heavy atom. The van der Waals surface area contributed by atoms with Gasteiger partial charge in [0.15, 0.2) is 0 Å². The minimum absolute atomic E-state index is 0.0181. The maximum absolute atomic E-state index is 13.0. The Hall–Kier alpha value is -3.43. The number of carbonyl (C=O) groups is 1. The van der Waals surface area contributed by atoms with E-state index in [1.807, 2.05) is 24.3 Å². The molecule has 0 unspecified atom stereocenters. The molecular weight excluding hydrogens is 428 g/mol. The summed E-state index contributed by atoms with van der Waals surface area (Å²) in [6, 6.07) is 16.6. The van der Waals surface area contributed by atoms with E-state index in [0.29, 0.717) is 30.8 Å². The molecule has 1 fully saturated rings. The quantitative estimate of drug-likeness (QED) is 0.374. The molecule has 8 nitrogen and oxygen atoms in total. The van der Waals surface area contributed by atoms with Gasteiger partial charge in [0.1, 0.15) is 17.6 Å². The third-order valence-corrected chi connectivity index (χ3v) is 7.03. The molecule has 0 aromatic heterocycles. The van der Waals surface area contributed by atoms with Gasteiger partial charge in [-0.15, -0.1) is 0 Å². The molecule has 0 spiro atoms. The van der Waals surface area contributed by atoms with Gasteiger partial charge in [0.2, 0.25) is 15.9 Å². The summed E-state index contributed by atoms with van der Waals surface area (Å²) in [5.74, 6) is 0.361. The smallest absolute Gasteiger partial charge is 0.241 e. The number of amides is 1. The molecular formula is C23H24N4O4S. The second-order valence-electron chi connectivity index (χ2n) is 7.71. The number of hydrogen-bond acceptors (Lipinski definition) is 5. The number of likely N-dealkylation sites (tertiary alicyclic amines) is 1. The molecule has 0 radical (unpaired) electrons. The number of benzene rings is 3. The van der Waals surface area contributed by atoms with E-state index in [1.54, 1.807) is 42.3 Å². The number of rotatable bonds is 7. The Balaban J connectivity index is 1.47. The van der Waals surface area contributed by atoms with Crippen molar-refractivity contribution in [1.82, 2.24) is 9.62 Å². The van der Waals surface area contributed by atoms with Crippen LogP contribution in [-0.4, -0.2) is 44.8 Å². The zero-order valence-electron chi connectivity index (χ0n) is 17.5. The second kappa shape index (κ2) is 8.60. The highest BCUT2D eigenvalue weighted by molar-refractivity contribution is 7.89. The largest absolute Gasteiger partial charge is 0.497 e. The van der Waals surface area contributed by atoms with E-state index in [0.717, 1.165) is 16.3 Å². The molecule has 1 atom stereocenters. The molecule has 1 amide bonds. The predicted octanol–water partition coefficient (Wildman–Crippen LogP) is 2.21. The van der Waals surface area contributed by atoms with Gasteiger partial charge in [-0.3, -0.25) is 10.2 Å². The van der Waals surface area contributed by atoms with Crippen LogP contribution >= 0.6 is 0 Å². The second-order valence-corrected chi connectivity index (χ2v) is 9.42. The molecule has 1 aliphatic rings. The summed E-state index contributed by atoms with van der Waals surface area (Å²) in [7, 11) is -2.32. The lowest BCUT2D eigenvalue weighted by atomic mass is 10.1. The SMILES string of the molecule is COc1ccc2ccc(S(=O)(=O)N[C@H]3CCN(Cc4ccc(C(=N)N)cc4)C3=O)cc2c1. The van der Waals surface area contributed by atoms with Crippen LogP contribution in [-0.2, 0) is 21.4 Å². The topological polar surface area (TPSA) is 126 Å². The van der Waals surface area contributed by atoms with Crippen molar-refractivity contribution >= 4 is 32.5 Å². The summed E-state index contributed by atoms with van der Waals surface area (Å²) >= 11 is 0. The van der Waals surface area contributed by atoms with Crippen molar-refractivity contribution in [1.29, 1.82) is 5.41 Å². The fraction of sp³-hybridized carbons (Fsp3) is 0.217. The Labute approximate surface area is 186 Å². The monoisotopic (exact) mass is 452 g/mol. The van der Waals surface area contributed by atoms with Crippen LogP contribution in [0.2, 0.25) is 0 Å². The Kier molecular flexibility index (Phi) is 5.86. The van der Waals surface area contributed by atoms with Crippen LogP contribution in [0, 0.1) is 5.41 Å². The van der Waals surface area contributed by atoms with Gasteiger partial charge >= 0.3 is 0 Å². The van der Waals surface area contributed by atoms with Gasteiger partial charge in [0.05, 0.1) is 12.0 Å². The lowest BCUT2D eigenvalue weighted by Gasteiger charge is -2.17. The van der Waals surface area contributed by atoms with Crippen molar-refractivity contribution < 1.29 is 17.9 Å². The summed E-state index contributed by atoms with van der Waals surface area (Å²) in [5.41, 5.74) is 6.96. The molecule has 1 saturated heterocycles.